The van der Waals surface area contributed by atoms with Gasteiger partial charge >= 0.3 is 0 Å². The molecule has 0 radical (unpaired) electrons. The molecule has 0 aliphatic heterocycles. The van der Waals surface area contributed by atoms with E-state index in [4.69, 9.17) is 5.11 Å². The quantitative estimate of drug-likeness (QED) is 0.627. The Labute approximate surface area is 126 Å². The van der Waals surface area contributed by atoms with Crippen LogP contribution in [0.5, 0.6) is 0 Å². The first-order valence-electron chi connectivity index (χ1n) is 8.00. The van der Waals surface area contributed by atoms with Crippen molar-refractivity contribution < 1.29 is 10.2 Å². The molecule has 0 atom stereocenters. The maximum Gasteiger partial charge on any atom is 0.0715 e. The van der Waals surface area contributed by atoms with Crippen LogP contribution in [0.15, 0.2) is 0 Å². The van der Waals surface area contributed by atoms with E-state index in [9.17, 15) is 5.11 Å². The molecule has 0 aromatic heterocycles. The van der Waals surface area contributed by atoms with Gasteiger partial charge in [-0.05, 0) is 33.7 Å². The number of hydrogen-bond acceptors (Lipinski definition) is 4. The van der Waals surface area contributed by atoms with Crippen molar-refractivity contribution in [2.75, 3.05) is 20.2 Å². The molecule has 4 N–H and O–H groups in total. The van der Waals surface area contributed by atoms with Gasteiger partial charge in [0.25, 0.3) is 0 Å². The summed E-state index contributed by atoms with van der Waals surface area (Å²) >= 11 is 0. The molecular weight excluding hydrogens is 252 g/mol. The third-order valence-electron chi connectivity index (χ3n) is 3.07. The van der Waals surface area contributed by atoms with Gasteiger partial charge in [-0.15, -0.1) is 0 Å². The topological polar surface area (TPSA) is 64.5 Å². The Balaban J connectivity index is 0. The summed E-state index contributed by atoms with van der Waals surface area (Å²) < 4.78 is 0. The van der Waals surface area contributed by atoms with Crippen LogP contribution in [0, 0.1) is 0 Å². The summed E-state index contributed by atoms with van der Waals surface area (Å²) in [5, 5.41) is 24.5. The first-order valence-corrected chi connectivity index (χ1v) is 8.00. The monoisotopic (exact) mass is 290 g/mol. The molecule has 4 nitrogen and oxygen atoms in total. The van der Waals surface area contributed by atoms with Crippen LogP contribution in [0.1, 0.15) is 67.2 Å². The Hall–Kier alpha value is -0.160. The molecule has 0 bridgehead atoms. The fourth-order valence-electron chi connectivity index (χ4n) is 2.44. The second-order valence-corrected chi connectivity index (χ2v) is 6.29. The normalized spacial score (nSPS) is 17.1. The van der Waals surface area contributed by atoms with E-state index in [2.05, 4.69) is 24.5 Å². The maximum atomic E-state index is 9.20. The van der Waals surface area contributed by atoms with E-state index in [-0.39, 0.29) is 5.54 Å². The maximum absolute atomic E-state index is 9.20. The molecule has 4 heteroatoms. The lowest BCUT2D eigenvalue weighted by Crippen LogP contribution is -2.49. The van der Waals surface area contributed by atoms with Crippen molar-refractivity contribution in [2.45, 2.75) is 84.4 Å². The van der Waals surface area contributed by atoms with Crippen LogP contribution < -0.4 is 10.6 Å². The molecule has 0 aromatic carbocycles. The molecule has 1 fully saturated rings. The Kier molecular flexibility index (Phi) is 12.7. The summed E-state index contributed by atoms with van der Waals surface area (Å²) in [7, 11) is 1.82. The smallest absolute Gasteiger partial charge is 0.0715 e. The zero-order valence-electron chi connectivity index (χ0n) is 14.7. The van der Waals surface area contributed by atoms with Gasteiger partial charge in [-0.25, -0.2) is 0 Å². The summed E-state index contributed by atoms with van der Waals surface area (Å²) in [4.78, 5) is 0. The van der Waals surface area contributed by atoms with E-state index in [1.54, 1.807) is 13.8 Å². The van der Waals surface area contributed by atoms with E-state index in [0.717, 1.165) is 12.8 Å². The lowest BCUT2D eigenvalue weighted by Gasteiger charge is -2.30. The van der Waals surface area contributed by atoms with Gasteiger partial charge in [0, 0.05) is 18.1 Å². The molecule has 1 rings (SSSR count). The average Bonchev–Trinajstić information content (AvgIpc) is 2.79. The van der Waals surface area contributed by atoms with Crippen LogP contribution in [0.25, 0.3) is 0 Å². The summed E-state index contributed by atoms with van der Waals surface area (Å²) in [6.07, 6.45) is 4.81. The number of rotatable bonds is 5. The van der Waals surface area contributed by atoms with Crippen molar-refractivity contribution >= 4 is 0 Å². The zero-order chi connectivity index (χ0) is 16.2. The first-order chi connectivity index (χ1) is 9.24. The highest BCUT2D eigenvalue weighted by Crippen LogP contribution is 2.29. The van der Waals surface area contributed by atoms with Crippen LogP contribution in [-0.4, -0.2) is 47.6 Å². The number of aliphatic hydroxyl groups is 2. The molecule has 1 saturated carbocycles. The van der Waals surface area contributed by atoms with E-state index in [0.29, 0.717) is 19.2 Å². The zero-order valence-corrected chi connectivity index (χ0v) is 14.7. The summed E-state index contributed by atoms with van der Waals surface area (Å²) in [5.74, 6) is 0. The molecule has 1 aliphatic carbocycles. The Bertz CT molecular complexity index is 207. The summed E-state index contributed by atoms with van der Waals surface area (Å²) in [6.45, 7) is 12.7. The minimum Gasteiger partial charge on any atom is -0.394 e. The number of hydrogen-bond donors (Lipinski definition) is 4. The fourth-order valence-corrected chi connectivity index (χ4v) is 2.44. The van der Waals surface area contributed by atoms with Gasteiger partial charge in [-0.3, -0.25) is 0 Å². The van der Waals surface area contributed by atoms with Crippen LogP contribution in [-0.2, 0) is 0 Å². The van der Waals surface area contributed by atoms with Gasteiger partial charge in [0.1, 0.15) is 0 Å². The minimum atomic E-state index is -0.561. The predicted octanol–water partition coefficient (Wildman–Crippen LogP) is 2.29. The third-order valence-corrected chi connectivity index (χ3v) is 3.07. The predicted molar refractivity (Wildman–Crippen MR) is 88.1 cm³/mol. The lowest BCUT2D eigenvalue weighted by atomic mass is 9.98. The second kappa shape index (κ2) is 11.5. The van der Waals surface area contributed by atoms with Gasteiger partial charge in [0.15, 0.2) is 0 Å². The molecular formula is C16H38N2O2. The van der Waals surface area contributed by atoms with Crippen LogP contribution in [0.4, 0.5) is 0 Å². The second-order valence-electron chi connectivity index (χ2n) is 6.29. The van der Waals surface area contributed by atoms with Crippen LogP contribution >= 0.6 is 0 Å². The van der Waals surface area contributed by atoms with E-state index >= 15 is 0 Å². The van der Waals surface area contributed by atoms with Crippen LogP contribution in [0.3, 0.4) is 0 Å². The molecule has 0 spiro atoms. The Morgan fingerprint density at radius 2 is 1.60 bits per heavy atom. The highest BCUT2D eigenvalue weighted by Gasteiger charge is 2.32. The van der Waals surface area contributed by atoms with Crippen LogP contribution in [0.2, 0.25) is 0 Å². The van der Waals surface area contributed by atoms with Gasteiger partial charge in [-0.1, -0.05) is 40.5 Å². The summed E-state index contributed by atoms with van der Waals surface area (Å²) in [6, 6.07) is 0.486. The van der Waals surface area contributed by atoms with Gasteiger partial charge in [0.05, 0.1) is 12.2 Å². The molecule has 0 aromatic rings. The van der Waals surface area contributed by atoms with Gasteiger partial charge < -0.3 is 20.8 Å². The van der Waals surface area contributed by atoms with E-state index < -0.39 is 5.60 Å². The van der Waals surface area contributed by atoms with Gasteiger partial charge in [-0.2, -0.15) is 0 Å². The lowest BCUT2D eigenvalue weighted by molar-refractivity contribution is 0.0821. The highest BCUT2D eigenvalue weighted by atomic mass is 16.3. The third kappa shape index (κ3) is 11.6. The Morgan fingerprint density at radius 1 is 1.15 bits per heavy atom. The van der Waals surface area contributed by atoms with Crippen molar-refractivity contribution in [1.29, 1.82) is 0 Å². The molecule has 1 aliphatic rings. The number of nitrogens with one attached hydrogen (secondary N) is 2. The van der Waals surface area contributed by atoms with Gasteiger partial charge in [0.2, 0.25) is 0 Å². The molecule has 124 valence electrons. The van der Waals surface area contributed by atoms with Crippen molar-refractivity contribution in [3.05, 3.63) is 0 Å². The molecule has 0 amide bonds. The van der Waals surface area contributed by atoms with Crippen molar-refractivity contribution in [1.82, 2.24) is 10.6 Å². The number of aliphatic hydroxyl groups excluding tert-OH is 1. The fraction of sp³-hybridized carbons (Fsp3) is 1.00. The molecule has 0 unspecified atom stereocenters. The highest BCUT2D eigenvalue weighted by molar-refractivity contribution is 4.92. The summed E-state index contributed by atoms with van der Waals surface area (Å²) in [5.41, 5.74) is -0.497. The SMILES string of the molecule is CC.CC(C)NC1(CO)CCCC1.CNCC(C)(C)O. The largest absolute Gasteiger partial charge is 0.394 e. The molecule has 0 saturated heterocycles. The molecule has 0 heterocycles. The van der Waals surface area contributed by atoms with Crippen molar-refractivity contribution in [3.63, 3.8) is 0 Å². The van der Waals surface area contributed by atoms with Crippen molar-refractivity contribution in [3.8, 4) is 0 Å². The molecule has 20 heavy (non-hydrogen) atoms. The standard InChI is InChI=1S/C9H19NO.C5H13NO.C2H6/c1-8(2)10-9(7-11)5-3-4-6-9;1-5(2,7)4-6-3;1-2/h8,10-11H,3-7H2,1-2H3;6-7H,4H2,1-3H3;1-2H3. The van der Waals surface area contributed by atoms with E-state index in [1.165, 1.54) is 12.8 Å². The average molecular weight is 290 g/mol. The van der Waals surface area contributed by atoms with E-state index in [1.807, 2.05) is 20.9 Å². The van der Waals surface area contributed by atoms with Crippen molar-refractivity contribution in [2.24, 2.45) is 0 Å². The first kappa shape index (κ1) is 22.1. The number of likely N-dealkylation sites (N-methyl/N-ethyl adjacent to an activating group) is 1. The Morgan fingerprint density at radius 3 is 1.80 bits per heavy atom. The minimum absolute atomic E-state index is 0.0637.